The number of carbonyl (C=O) groups is 2. The Morgan fingerprint density at radius 2 is 1.75 bits per heavy atom. The second-order valence-electron chi connectivity index (χ2n) is 7.63. The molecule has 2 amide bonds. The van der Waals surface area contributed by atoms with Gasteiger partial charge in [0, 0.05) is 29.5 Å². The third-order valence-electron chi connectivity index (χ3n) is 5.44. The molecule has 0 atom stereocenters. The topological polar surface area (TPSA) is 102 Å². The number of aromatic nitrogens is 1. The van der Waals surface area contributed by atoms with E-state index in [1.165, 1.54) is 11.3 Å². The number of anilines is 1. The molecule has 2 heterocycles. The summed E-state index contributed by atoms with van der Waals surface area (Å²) in [5.41, 5.74) is 1.70. The SMILES string of the molecule is COc1cc(OC)c(OC)cc1CNC(=O)CN1CCC(C(=O)Nc2nc(C)cs2)CC1. The van der Waals surface area contributed by atoms with Gasteiger partial charge in [-0.3, -0.25) is 14.5 Å². The molecule has 0 aliphatic carbocycles. The fraction of sp³-hybridized carbons (Fsp3) is 0.500. The Hall–Kier alpha value is -2.85. The first kappa shape index (κ1) is 23.8. The van der Waals surface area contributed by atoms with Crippen LogP contribution in [0.15, 0.2) is 17.5 Å². The molecule has 1 fully saturated rings. The zero-order chi connectivity index (χ0) is 23.1. The summed E-state index contributed by atoms with van der Waals surface area (Å²) in [6.07, 6.45) is 1.43. The van der Waals surface area contributed by atoms with Gasteiger partial charge in [-0.05, 0) is 38.9 Å². The minimum atomic E-state index is -0.0806. The normalized spacial score (nSPS) is 14.6. The molecule has 2 aromatic rings. The predicted octanol–water partition coefficient (Wildman–Crippen LogP) is 2.44. The zero-order valence-electron chi connectivity index (χ0n) is 18.9. The number of nitrogens with one attached hydrogen (secondary N) is 2. The molecule has 1 saturated heterocycles. The largest absolute Gasteiger partial charge is 0.496 e. The Morgan fingerprint density at radius 3 is 2.34 bits per heavy atom. The van der Waals surface area contributed by atoms with Crippen LogP contribution in [0.4, 0.5) is 5.13 Å². The van der Waals surface area contributed by atoms with Crippen LogP contribution in [0.2, 0.25) is 0 Å². The number of thiazole rings is 1. The summed E-state index contributed by atoms with van der Waals surface area (Å²) in [7, 11) is 4.70. The number of ether oxygens (including phenoxy) is 3. The predicted molar refractivity (Wildman–Crippen MR) is 123 cm³/mol. The Labute approximate surface area is 192 Å². The highest BCUT2D eigenvalue weighted by Gasteiger charge is 2.26. The van der Waals surface area contributed by atoms with E-state index in [1.54, 1.807) is 33.5 Å². The van der Waals surface area contributed by atoms with Gasteiger partial charge in [0.05, 0.1) is 33.6 Å². The Morgan fingerprint density at radius 1 is 1.09 bits per heavy atom. The van der Waals surface area contributed by atoms with Crippen molar-refractivity contribution in [3.05, 3.63) is 28.8 Å². The van der Waals surface area contributed by atoms with E-state index in [4.69, 9.17) is 14.2 Å². The van der Waals surface area contributed by atoms with Crippen molar-refractivity contribution in [3.63, 3.8) is 0 Å². The number of amides is 2. The third kappa shape index (κ3) is 6.10. The van der Waals surface area contributed by atoms with Crippen molar-refractivity contribution in [1.29, 1.82) is 0 Å². The van der Waals surface area contributed by atoms with Crippen LogP contribution in [0.3, 0.4) is 0 Å². The van der Waals surface area contributed by atoms with Gasteiger partial charge in [0.15, 0.2) is 16.6 Å². The zero-order valence-corrected chi connectivity index (χ0v) is 19.7. The minimum Gasteiger partial charge on any atom is -0.496 e. The highest BCUT2D eigenvalue weighted by Crippen LogP contribution is 2.34. The summed E-state index contributed by atoms with van der Waals surface area (Å²) in [5.74, 6) is 1.62. The van der Waals surface area contributed by atoms with Gasteiger partial charge in [-0.25, -0.2) is 4.98 Å². The van der Waals surface area contributed by atoms with Gasteiger partial charge in [-0.2, -0.15) is 0 Å². The lowest BCUT2D eigenvalue weighted by molar-refractivity contribution is -0.123. The molecular weight excluding hydrogens is 432 g/mol. The van der Waals surface area contributed by atoms with Gasteiger partial charge >= 0.3 is 0 Å². The average molecular weight is 463 g/mol. The van der Waals surface area contributed by atoms with E-state index in [0.29, 0.717) is 54.9 Å². The van der Waals surface area contributed by atoms with Crippen molar-refractivity contribution in [2.45, 2.75) is 26.3 Å². The minimum absolute atomic E-state index is 0.00370. The molecule has 0 spiro atoms. The quantitative estimate of drug-likeness (QED) is 0.590. The molecule has 10 heteroatoms. The summed E-state index contributed by atoms with van der Waals surface area (Å²) in [6, 6.07) is 3.54. The lowest BCUT2D eigenvalue weighted by Crippen LogP contribution is -2.43. The highest BCUT2D eigenvalue weighted by atomic mass is 32.1. The number of nitrogens with zero attached hydrogens (tertiary/aromatic N) is 2. The number of aryl methyl sites for hydroxylation is 1. The molecule has 1 aromatic heterocycles. The van der Waals surface area contributed by atoms with Crippen LogP contribution in [0.25, 0.3) is 0 Å². The summed E-state index contributed by atoms with van der Waals surface area (Å²) >= 11 is 1.43. The number of carbonyl (C=O) groups excluding carboxylic acids is 2. The van der Waals surface area contributed by atoms with Gasteiger partial charge in [-0.1, -0.05) is 0 Å². The van der Waals surface area contributed by atoms with Gasteiger partial charge in [-0.15, -0.1) is 11.3 Å². The Kier molecular flexibility index (Phi) is 8.29. The first-order valence-corrected chi connectivity index (χ1v) is 11.3. The van der Waals surface area contributed by atoms with E-state index in [2.05, 4.69) is 20.5 Å². The standard InChI is InChI=1S/C22H30N4O5S/c1-14-13-32-22(24-14)25-21(28)15-5-7-26(8-6-15)12-20(27)23-11-16-9-18(30-3)19(31-4)10-17(16)29-2/h9-10,13,15H,5-8,11-12H2,1-4H3,(H,23,27)(H,24,25,28). The van der Waals surface area contributed by atoms with Crippen LogP contribution < -0.4 is 24.8 Å². The fourth-order valence-corrected chi connectivity index (χ4v) is 4.35. The van der Waals surface area contributed by atoms with Crippen molar-refractivity contribution in [2.24, 2.45) is 5.92 Å². The summed E-state index contributed by atoms with van der Waals surface area (Å²) < 4.78 is 16.0. The van der Waals surface area contributed by atoms with Crippen LogP contribution in [-0.4, -0.2) is 62.7 Å². The highest BCUT2D eigenvalue weighted by molar-refractivity contribution is 7.13. The van der Waals surface area contributed by atoms with Crippen LogP contribution in [0, 0.1) is 12.8 Å². The lowest BCUT2D eigenvalue weighted by Gasteiger charge is -2.30. The molecule has 1 aliphatic rings. The maximum absolute atomic E-state index is 12.5. The number of hydrogen-bond acceptors (Lipinski definition) is 8. The van der Waals surface area contributed by atoms with Crippen molar-refractivity contribution >= 4 is 28.3 Å². The maximum atomic E-state index is 12.5. The van der Waals surface area contributed by atoms with Gasteiger partial charge in [0.25, 0.3) is 0 Å². The lowest BCUT2D eigenvalue weighted by atomic mass is 9.96. The van der Waals surface area contributed by atoms with Crippen LogP contribution in [0.1, 0.15) is 24.1 Å². The maximum Gasteiger partial charge on any atom is 0.234 e. The second kappa shape index (κ2) is 11.1. The number of benzene rings is 1. The number of likely N-dealkylation sites (tertiary alicyclic amines) is 1. The van der Waals surface area contributed by atoms with Crippen LogP contribution in [0.5, 0.6) is 17.2 Å². The van der Waals surface area contributed by atoms with Crippen LogP contribution >= 0.6 is 11.3 Å². The monoisotopic (exact) mass is 462 g/mol. The molecule has 0 saturated carbocycles. The number of piperidine rings is 1. The third-order valence-corrected chi connectivity index (χ3v) is 6.31. The van der Waals surface area contributed by atoms with Crippen molar-refractivity contribution in [2.75, 3.05) is 46.3 Å². The summed E-state index contributed by atoms with van der Waals surface area (Å²) in [5, 5.41) is 8.38. The van der Waals surface area contributed by atoms with E-state index in [1.807, 2.05) is 12.3 Å². The number of rotatable bonds is 9. The van der Waals surface area contributed by atoms with Crippen LogP contribution in [-0.2, 0) is 16.1 Å². The van der Waals surface area contributed by atoms with E-state index in [-0.39, 0.29) is 24.3 Å². The molecule has 0 unspecified atom stereocenters. The number of hydrogen-bond donors (Lipinski definition) is 2. The van der Waals surface area contributed by atoms with Gasteiger partial charge in [0.1, 0.15) is 5.75 Å². The molecular formula is C22H30N4O5S. The van der Waals surface area contributed by atoms with E-state index in [0.717, 1.165) is 11.3 Å². The Balaban J connectivity index is 1.46. The van der Waals surface area contributed by atoms with Gasteiger partial charge in [0.2, 0.25) is 11.8 Å². The van der Waals surface area contributed by atoms with Crippen molar-refractivity contribution < 1.29 is 23.8 Å². The molecule has 0 radical (unpaired) electrons. The molecule has 3 rings (SSSR count). The average Bonchev–Trinajstić information content (AvgIpc) is 3.21. The molecule has 1 aromatic carbocycles. The molecule has 32 heavy (non-hydrogen) atoms. The van der Waals surface area contributed by atoms with Crippen molar-refractivity contribution in [1.82, 2.24) is 15.2 Å². The van der Waals surface area contributed by atoms with Crippen molar-refractivity contribution in [3.8, 4) is 17.2 Å². The smallest absolute Gasteiger partial charge is 0.234 e. The number of methoxy groups -OCH3 is 3. The summed E-state index contributed by atoms with van der Waals surface area (Å²) in [6.45, 7) is 3.89. The fourth-order valence-electron chi connectivity index (χ4n) is 3.66. The second-order valence-corrected chi connectivity index (χ2v) is 8.49. The molecule has 1 aliphatic heterocycles. The van der Waals surface area contributed by atoms with E-state index < -0.39 is 0 Å². The molecule has 2 N–H and O–H groups in total. The molecule has 0 bridgehead atoms. The first-order chi connectivity index (χ1) is 15.4. The van der Waals surface area contributed by atoms with E-state index in [9.17, 15) is 9.59 Å². The first-order valence-electron chi connectivity index (χ1n) is 10.4. The summed E-state index contributed by atoms with van der Waals surface area (Å²) in [4.78, 5) is 31.3. The Bertz CT molecular complexity index is 940. The van der Waals surface area contributed by atoms with E-state index >= 15 is 0 Å². The van der Waals surface area contributed by atoms with Gasteiger partial charge < -0.3 is 24.8 Å². The molecule has 174 valence electrons. The molecule has 9 nitrogen and oxygen atoms in total.